The molecule has 9 nitrogen and oxygen atoms in total. The van der Waals surface area contributed by atoms with E-state index in [0.717, 1.165) is 0 Å². The van der Waals surface area contributed by atoms with Crippen molar-refractivity contribution in [1.29, 1.82) is 0 Å². The van der Waals surface area contributed by atoms with E-state index in [2.05, 4.69) is 15.1 Å². The van der Waals surface area contributed by atoms with Crippen LogP contribution in [0.3, 0.4) is 0 Å². The van der Waals surface area contributed by atoms with E-state index in [1.165, 1.54) is 17.0 Å². The van der Waals surface area contributed by atoms with Gasteiger partial charge < -0.3 is 9.84 Å². The maximum Gasteiger partial charge on any atom is 0.335 e. The van der Waals surface area contributed by atoms with Crippen LogP contribution < -0.4 is 10.3 Å². The molecule has 3 aromatic heterocycles. The van der Waals surface area contributed by atoms with Gasteiger partial charge in [0.05, 0.1) is 35.5 Å². The summed E-state index contributed by atoms with van der Waals surface area (Å²) in [5, 5.41) is 14.4. The molecule has 0 aliphatic heterocycles. The van der Waals surface area contributed by atoms with Crippen molar-refractivity contribution in [3.63, 3.8) is 0 Å². The second kappa shape index (κ2) is 9.40. The topological polar surface area (TPSA) is 112 Å². The van der Waals surface area contributed by atoms with Gasteiger partial charge in [-0.1, -0.05) is 23.7 Å². The van der Waals surface area contributed by atoms with Crippen molar-refractivity contribution >= 4 is 28.5 Å². The van der Waals surface area contributed by atoms with Crippen molar-refractivity contribution in [2.24, 2.45) is 0 Å². The van der Waals surface area contributed by atoms with Gasteiger partial charge in [0.2, 0.25) is 0 Å². The minimum atomic E-state index is -1.02. The lowest BCUT2D eigenvalue weighted by Crippen LogP contribution is -2.24. The molecular weight excluding hydrogens is 470 g/mol. The number of aromatic carboxylic acids is 1. The van der Waals surface area contributed by atoms with E-state index in [1.807, 2.05) is 0 Å². The average Bonchev–Trinajstić information content (AvgIpc) is 3.41. The Morgan fingerprint density at radius 1 is 1.09 bits per heavy atom. The number of carboxylic acids is 1. The van der Waals surface area contributed by atoms with E-state index in [4.69, 9.17) is 16.3 Å². The number of benzene rings is 2. The second-order valence-electron chi connectivity index (χ2n) is 7.63. The number of hydrogen-bond acceptors (Lipinski definition) is 6. The van der Waals surface area contributed by atoms with E-state index in [1.54, 1.807) is 71.8 Å². The van der Waals surface area contributed by atoms with E-state index in [0.29, 0.717) is 38.6 Å². The molecule has 0 atom stereocenters. The Balaban J connectivity index is 1.39. The first-order chi connectivity index (χ1) is 17.0. The third-order valence-corrected chi connectivity index (χ3v) is 5.62. The van der Waals surface area contributed by atoms with E-state index >= 15 is 0 Å². The first-order valence-electron chi connectivity index (χ1n) is 10.6. The van der Waals surface area contributed by atoms with Crippen LogP contribution in [0.25, 0.3) is 27.8 Å². The van der Waals surface area contributed by atoms with Gasteiger partial charge in [-0.15, -0.1) is 0 Å². The highest BCUT2D eigenvalue weighted by Gasteiger charge is 2.12. The van der Waals surface area contributed by atoms with Gasteiger partial charge in [0.25, 0.3) is 5.56 Å². The van der Waals surface area contributed by atoms with Crippen LogP contribution in [-0.4, -0.2) is 42.0 Å². The summed E-state index contributed by atoms with van der Waals surface area (Å²) >= 11 is 6.19. The molecule has 1 N–H and O–H groups in total. The molecule has 10 heteroatoms. The Labute approximate surface area is 203 Å². The van der Waals surface area contributed by atoms with Gasteiger partial charge in [-0.2, -0.15) is 5.10 Å². The van der Waals surface area contributed by atoms with Gasteiger partial charge in [-0.25, -0.2) is 19.4 Å². The lowest BCUT2D eigenvalue weighted by atomic mass is 10.0. The zero-order valence-electron chi connectivity index (χ0n) is 18.2. The Morgan fingerprint density at radius 3 is 2.77 bits per heavy atom. The molecule has 3 heterocycles. The zero-order valence-corrected chi connectivity index (χ0v) is 19.0. The van der Waals surface area contributed by atoms with Crippen LogP contribution in [0, 0.1) is 0 Å². The Hall–Kier alpha value is -4.50. The van der Waals surface area contributed by atoms with Crippen molar-refractivity contribution in [2.45, 2.75) is 6.54 Å². The summed E-state index contributed by atoms with van der Waals surface area (Å²) in [4.78, 5) is 33.1. The van der Waals surface area contributed by atoms with Crippen LogP contribution in [0.5, 0.6) is 5.75 Å². The molecule has 0 saturated carbocycles. The Bertz CT molecular complexity index is 1600. The first-order valence-corrected chi connectivity index (χ1v) is 11.0. The number of aromatic nitrogens is 5. The molecule has 0 aliphatic carbocycles. The molecular formula is C25H18ClN5O4. The van der Waals surface area contributed by atoms with Crippen molar-refractivity contribution in [2.75, 3.05) is 6.61 Å². The summed E-state index contributed by atoms with van der Waals surface area (Å²) < 4.78 is 9.02. The largest absolute Gasteiger partial charge is 0.491 e. The summed E-state index contributed by atoms with van der Waals surface area (Å²) in [5.74, 6) is 0.0131. The van der Waals surface area contributed by atoms with Gasteiger partial charge >= 0.3 is 5.97 Å². The summed E-state index contributed by atoms with van der Waals surface area (Å²) in [6.45, 7) is 0.426. The molecule has 0 spiro atoms. The average molecular weight is 488 g/mol. The SMILES string of the molecule is O=C(O)c1cccc(-c2cc(Cl)ccc2OCCn2cnc3cnc(-n4cccn4)cc3c2=O)c1. The van der Waals surface area contributed by atoms with Crippen LogP contribution in [0.15, 0.2) is 84.3 Å². The summed E-state index contributed by atoms with van der Waals surface area (Å²) in [7, 11) is 0. The fourth-order valence-corrected chi connectivity index (χ4v) is 3.84. The maximum absolute atomic E-state index is 13.1. The van der Waals surface area contributed by atoms with Crippen molar-refractivity contribution < 1.29 is 14.6 Å². The standard InChI is InChI=1S/C25H18ClN5O4/c26-18-5-6-22(19(12-18)16-3-1-4-17(11-16)25(33)34)35-10-9-30-15-28-21-14-27-23(13-20(21)24(30)32)31-8-2-7-29-31/h1-8,11-15H,9-10H2,(H,33,34). The van der Waals surface area contributed by atoms with E-state index in [9.17, 15) is 14.7 Å². The number of carbonyl (C=O) groups is 1. The molecule has 35 heavy (non-hydrogen) atoms. The zero-order chi connectivity index (χ0) is 24.4. The molecule has 0 radical (unpaired) electrons. The highest BCUT2D eigenvalue weighted by molar-refractivity contribution is 6.31. The van der Waals surface area contributed by atoms with Crippen LogP contribution in [-0.2, 0) is 6.54 Å². The second-order valence-corrected chi connectivity index (χ2v) is 8.06. The summed E-state index contributed by atoms with van der Waals surface area (Å²) in [6, 6.07) is 15.1. The number of halogens is 1. The van der Waals surface area contributed by atoms with E-state index < -0.39 is 5.97 Å². The lowest BCUT2D eigenvalue weighted by molar-refractivity contribution is 0.0697. The highest BCUT2D eigenvalue weighted by atomic mass is 35.5. The van der Waals surface area contributed by atoms with Crippen molar-refractivity contribution in [3.8, 4) is 22.7 Å². The van der Waals surface area contributed by atoms with Crippen molar-refractivity contribution in [3.05, 3.63) is 100 Å². The van der Waals surface area contributed by atoms with Crippen LogP contribution in [0.4, 0.5) is 0 Å². The molecule has 0 aliphatic rings. The molecule has 0 fully saturated rings. The summed E-state index contributed by atoms with van der Waals surface area (Å²) in [5.41, 5.74) is 1.73. The molecule has 0 unspecified atom stereocenters. The number of nitrogens with zero attached hydrogens (tertiary/aromatic N) is 5. The smallest absolute Gasteiger partial charge is 0.335 e. The number of carboxylic acid groups (broad SMARTS) is 1. The van der Waals surface area contributed by atoms with Crippen LogP contribution >= 0.6 is 11.6 Å². The van der Waals surface area contributed by atoms with Crippen LogP contribution in [0.2, 0.25) is 5.02 Å². The number of fused-ring (bicyclic) bond motifs is 1. The maximum atomic E-state index is 13.1. The Kier molecular flexibility index (Phi) is 5.99. The summed E-state index contributed by atoms with van der Waals surface area (Å²) in [6.07, 6.45) is 6.38. The fourth-order valence-electron chi connectivity index (χ4n) is 3.67. The highest BCUT2D eigenvalue weighted by Crippen LogP contribution is 2.33. The third-order valence-electron chi connectivity index (χ3n) is 5.39. The quantitative estimate of drug-likeness (QED) is 0.368. The predicted octanol–water partition coefficient (Wildman–Crippen LogP) is 4.07. The number of hydrogen-bond donors (Lipinski definition) is 1. The minimum Gasteiger partial charge on any atom is -0.491 e. The molecule has 0 saturated heterocycles. The van der Waals surface area contributed by atoms with E-state index in [-0.39, 0.29) is 24.3 Å². The normalized spacial score (nSPS) is 11.0. The first kappa shape index (κ1) is 22.3. The minimum absolute atomic E-state index is 0.159. The van der Waals surface area contributed by atoms with Gasteiger partial charge in [0, 0.05) is 23.0 Å². The number of pyridine rings is 1. The molecule has 5 aromatic rings. The van der Waals surface area contributed by atoms with Crippen molar-refractivity contribution in [1.82, 2.24) is 24.3 Å². The van der Waals surface area contributed by atoms with Gasteiger partial charge in [-0.3, -0.25) is 9.36 Å². The van der Waals surface area contributed by atoms with Crippen LogP contribution in [0.1, 0.15) is 10.4 Å². The molecule has 174 valence electrons. The molecule has 0 bridgehead atoms. The van der Waals surface area contributed by atoms with Gasteiger partial charge in [0.1, 0.15) is 12.4 Å². The molecule has 5 rings (SSSR count). The lowest BCUT2D eigenvalue weighted by Gasteiger charge is -2.14. The predicted molar refractivity (Wildman–Crippen MR) is 130 cm³/mol. The van der Waals surface area contributed by atoms with Gasteiger partial charge in [0.15, 0.2) is 5.82 Å². The molecule has 2 aromatic carbocycles. The number of ether oxygens (including phenoxy) is 1. The number of rotatable bonds is 7. The van der Waals surface area contributed by atoms with Gasteiger partial charge in [-0.05, 0) is 48.0 Å². The fraction of sp³-hybridized carbons (Fsp3) is 0.0800. The molecule has 0 amide bonds. The Morgan fingerprint density at radius 2 is 1.97 bits per heavy atom. The monoisotopic (exact) mass is 487 g/mol. The third kappa shape index (κ3) is 4.62.